The van der Waals surface area contributed by atoms with Crippen LogP contribution in [0.3, 0.4) is 0 Å². The summed E-state index contributed by atoms with van der Waals surface area (Å²) in [6.45, 7) is 0. The Morgan fingerprint density at radius 2 is 2.06 bits per heavy atom. The second-order valence-corrected chi connectivity index (χ2v) is 3.47. The van der Waals surface area contributed by atoms with Crippen molar-refractivity contribution in [2.75, 3.05) is 7.11 Å². The lowest BCUT2D eigenvalue weighted by molar-refractivity contribution is 0.0595. The van der Waals surface area contributed by atoms with Crippen molar-refractivity contribution in [1.82, 2.24) is 9.97 Å². The predicted octanol–water partition coefficient (Wildman–Crippen LogP) is 2.52. The van der Waals surface area contributed by atoms with Crippen LogP contribution < -0.4 is 0 Å². The minimum Gasteiger partial charge on any atom is -0.464 e. The van der Waals surface area contributed by atoms with Gasteiger partial charge in [-0.1, -0.05) is 41.9 Å². The Kier molecular flexibility index (Phi) is 2.92. The van der Waals surface area contributed by atoms with Gasteiger partial charge in [0.25, 0.3) is 0 Å². The third kappa shape index (κ3) is 1.92. The van der Waals surface area contributed by atoms with E-state index in [0.717, 1.165) is 5.56 Å². The van der Waals surface area contributed by atoms with Crippen LogP contribution in [0.25, 0.3) is 11.4 Å². The summed E-state index contributed by atoms with van der Waals surface area (Å²) in [5.74, 6) is 0.0191. The molecule has 0 unspecified atom stereocenters. The fourth-order valence-corrected chi connectivity index (χ4v) is 1.53. The smallest absolute Gasteiger partial charge is 0.357 e. The molecule has 1 heterocycles. The normalized spacial score (nSPS) is 10.1. The number of H-pyrrole nitrogens is 1. The Morgan fingerprint density at radius 3 is 2.69 bits per heavy atom. The first-order valence-electron chi connectivity index (χ1n) is 4.61. The number of halogens is 1. The Bertz CT molecular complexity index is 508. The second-order valence-electron chi connectivity index (χ2n) is 3.11. The van der Waals surface area contributed by atoms with E-state index < -0.39 is 5.97 Å². The highest BCUT2D eigenvalue weighted by Crippen LogP contribution is 2.21. The lowest BCUT2D eigenvalue weighted by Crippen LogP contribution is -2.02. The van der Waals surface area contributed by atoms with Crippen molar-refractivity contribution in [1.29, 1.82) is 0 Å². The fourth-order valence-electron chi connectivity index (χ4n) is 1.32. The maximum absolute atomic E-state index is 11.3. The lowest BCUT2D eigenvalue weighted by atomic mass is 10.2. The van der Waals surface area contributed by atoms with Crippen molar-refractivity contribution in [3.8, 4) is 11.4 Å². The SMILES string of the molecule is COC(=O)c1[nH]c(-c2ccccc2)nc1Cl. The number of imidazole rings is 1. The zero-order valence-corrected chi connectivity index (χ0v) is 9.28. The summed E-state index contributed by atoms with van der Waals surface area (Å²) in [5.41, 5.74) is 1.03. The van der Waals surface area contributed by atoms with Gasteiger partial charge in [-0.3, -0.25) is 0 Å². The van der Waals surface area contributed by atoms with Crippen molar-refractivity contribution >= 4 is 17.6 Å². The van der Waals surface area contributed by atoms with Crippen molar-refractivity contribution in [2.24, 2.45) is 0 Å². The van der Waals surface area contributed by atoms with E-state index in [2.05, 4.69) is 14.7 Å². The maximum Gasteiger partial charge on any atom is 0.357 e. The van der Waals surface area contributed by atoms with E-state index in [9.17, 15) is 4.79 Å². The number of aromatic nitrogens is 2. The van der Waals surface area contributed by atoms with Crippen LogP contribution in [-0.2, 0) is 4.74 Å². The van der Waals surface area contributed by atoms with Gasteiger partial charge in [-0.25, -0.2) is 9.78 Å². The van der Waals surface area contributed by atoms with Crippen LogP contribution in [-0.4, -0.2) is 23.0 Å². The summed E-state index contributed by atoms with van der Waals surface area (Å²) in [6, 6.07) is 9.40. The molecule has 1 N–H and O–H groups in total. The second kappa shape index (κ2) is 4.37. The number of carbonyl (C=O) groups excluding carboxylic acids is 1. The van der Waals surface area contributed by atoms with E-state index >= 15 is 0 Å². The molecule has 0 spiro atoms. The first-order valence-corrected chi connectivity index (χ1v) is 4.99. The first kappa shape index (κ1) is 10.7. The molecular formula is C11H9ClN2O2. The third-order valence-corrected chi connectivity index (χ3v) is 2.37. The van der Waals surface area contributed by atoms with Gasteiger partial charge in [0.2, 0.25) is 0 Å². The minimum atomic E-state index is -0.528. The van der Waals surface area contributed by atoms with E-state index in [1.54, 1.807) is 0 Å². The molecule has 0 aliphatic heterocycles. The number of rotatable bonds is 2. The van der Waals surface area contributed by atoms with Gasteiger partial charge in [0.1, 0.15) is 5.82 Å². The molecule has 2 aromatic rings. The van der Waals surface area contributed by atoms with Crippen LogP contribution in [0, 0.1) is 0 Å². The number of aromatic amines is 1. The van der Waals surface area contributed by atoms with Gasteiger partial charge >= 0.3 is 5.97 Å². The number of carbonyl (C=O) groups is 1. The standard InChI is InChI=1S/C11H9ClN2O2/c1-16-11(15)8-9(12)14-10(13-8)7-5-3-2-4-6-7/h2-6H,1H3,(H,13,14). The summed E-state index contributed by atoms with van der Waals surface area (Å²) < 4.78 is 4.57. The number of benzene rings is 1. The highest BCUT2D eigenvalue weighted by atomic mass is 35.5. The summed E-state index contributed by atoms with van der Waals surface area (Å²) >= 11 is 5.83. The Morgan fingerprint density at radius 1 is 1.38 bits per heavy atom. The van der Waals surface area contributed by atoms with Crippen molar-refractivity contribution in [2.45, 2.75) is 0 Å². The molecule has 82 valence electrons. The van der Waals surface area contributed by atoms with Crippen LogP contribution in [0.1, 0.15) is 10.5 Å². The van der Waals surface area contributed by atoms with Crippen molar-refractivity contribution in [3.05, 3.63) is 41.2 Å². The predicted molar refractivity (Wildman–Crippen MR) is 60.4 cm³/mol. The minimum absolute atomic E-state index is 0.116. The summed E-state index contributed by atoms with van der Waals surface area (Å²) in [6.07, 6.45) is 0. The summed E-state index contributed by atoms with van der Waals surface area (Å²) in [4.78, 5) is 18.2. The molecule has 0 radical (unpaired) electrons. The summed E-state index contributed by atoms with van der Waals surface area (Å²) in [7, 11) is 1.29. The number of hydrogen-bond donors (Lipinski definition) is 1. The zero-order chi connectivity index (χ0) is 11.5. The van der Waals surface area contributed by atoms with Gasteiger partial charge in [0.15, 0.2) is 10.8 Å². The van der Waals surface area contributed by atoms with Gasteiger partial charge < -0.3 is 9.72 Å². The van der Waals surface area contributed by atoms with E-state index in [1.165, 1.54) is 7.11 Å². The molecule has 0 fully saturated rings. The largest absolute Gasteiger partial charge is 0.464 e. The Hall–Kier alpha value is -1.81. The van der Waals surface area contributed by atoms with Gasteiger partial charge in [-0.2, -0.15) is 0 Å². The summed E-state index contributed by atoms with van der Waals surface area (Å²) in [5, 5.41) is 0.116. The van der Waals surface area contributed by atoms with Crippen LogP contribution >= 0.6 is 11.6 Å². The lowest BCUT2D eigenvalue weighted by Gasteiger charge is -1.95. The van der Waals surface area contributed by atoms with Gasteiger partial charge in [-0.15, -0.1) is 0 Å². The highest BCUT2D eigenvalue weighted by Gasteiger charge is 2.16. The monoisotopic (exact) mass is 236 g/mol. The van der Waals surface area contributed by atoms with Crippen LogP contribution in [0.2, 0.25) is 5.15 Å². The molecule has 0 aliphatic rings. The first-order chi connectivity index (χ1) is 7.72. The third-order valence-electron chi connectivity index (χ3n) is 2.10. The Balaban J connectivity index is 2.42. The van der Waals surface area contributed by atoms with E-state index in [-0.39, 0.29) is 10.8 Å². The van der Waals surface area contributed by atoms with E-state index in [4.69, 9.17) is 11.6 Å². The number of hydrogen-bond acceptors (Lipinski definition) is 3. The van der Waals surface area contributed by atoms with E-state index in [1.807, 2.05) is 30.3 Å². The molecule has 2 rings (SSSR count). The quantitative estimate of drug-likeness (QED) is 0.816. The highest BCUT2D eigenvalue weighted by molar-refractivity contribution is 6.32. The number of esters is 1. The van der Waals surface area contributed by atoms with Crippen LogP contribution in [0.4, 0.5) is 0 Å². The fraction of sp³-hybridized carbons (Fsp3) is 0.0909. The molecule has 0 amide bonds. The molecule has 0 aliphatic carbocycles. The molecule has 0 bridgehead atoms. The number of nitrogens with one attached hydrogen (secondary N) is 1. The number of methoxy groups -OCH3 is 1. The van der Waals surface area contributed by atoms with Crippen molar-refractivity contribution in [3.63, 3.8) is 0 Å². The molecule has 0 atom stereocenters. The van der Waals surface area contributed by atoms with Gasteiger partial charge in [-0.05, 0) is 0 Å². The molecule has 4 nitrogen and oxygen atoms in total. The van der Waals surface area contributed by atoms with Gasteiger partial charge in [0, 0.05) is 5.56 Å². The number of nitrogens with zero attached hydrogens (tertiary/aromatic N) is 1. The average Bonchev–Trinajstić information content (AvgIpc) is 2.71. The van der Waals surface area contributed by atoms with Crippen molar-refractivity contribution < 1.29 is 9.53 Å². The number of ether oxygens (including phenoxy) is 1. The van der Waals surface area contributed by atoms with Crippen LogP contribution in [0.5, 0.6) is 0 Å². The molecule has 5 heteroatoms. The van der Waals surface area contributed by atoms with E-state index in [0.29, 0.717) is 5.82 Å². The molecule has 0 saturated heterocycles. The molecular weight excluding hydrogens is 228 g/mol. The molecule has 1 aromatic carbocycles. The molecule has 1 aromatic heterocycles. The Labute approximate surface area is 97.2 Å². The molecule has 16 heavy (non-hydrogen) atoms. The average molecular weight is 237 g/mol. The van der Waals surface area contributed by atoms with Gasteiger partial charge in [0.05, 0.1) is 7.11 Å². The van der Waals surface area contributed by atoms with Crippen LogP contribution in [0.15, 0.2) is 30.3 Å². The molecule has 0 saturated carbocycles. The topological polar surface area (TPSA) is 55.0 Å². The zero-order valence-electron chi connectivity index (χ0n) is 8.53. The maximum atomic E-state index is 11.3.